The van der Waals surface area contributed by atoms with E-state index in [1.54, 1.807) is 0 Å². The minimum atomic E-state index is -0.349. The summed E-state index contributed by atoms with van der Waals surface area (Å²) in [5, 5.41) is 3.09. The van der Waals surface area contributed by atoms with E-state index in [-0.39, 0.29) is 29.7 Å². The number of fused-ring (bicyclic) bond motifs is 1. The molecule has 1 saturated carbocycles. The molecule has 0 radical (unpaired) electrons. The summed E-state index contributed by atoms with van der Waals surface area (Å²) in [6, 6.07) is 18.0. The van der Waals surface area contributed by atoms with Gasteiger partial charge in [-0.05, 0) is 30.0 Å². The molecule has 0 aromatic heterocycles. The molecule has 0 unspecified atom stereocenters. The number of rotatable bonds is 6. The molecule has 2 aliphatic rings. The van der Waals surface area contributed by atoms with Gasteiger partial charge in [0.15, 0.2) is 0 Å². The topological polar surface area (TPSA) is 75.4 Å². The lowest BCUT2D eigenvalue weighted by Gasteiger charge is -2.21. The smallest absolute Gasteiger partial charge is 0.239 e. The van der Waals surface area contributed by atoms with Gasteiger partial charge in [0.2, 0.25) is 11.8 Å². The van der Waals surface area contributed by atoms with E-state index >= 15 is 0 Å². The van der Waals surface area contributed by atoms with E-state index in [4.69, 9.17) is 5.73 Å². The van der Waals surface area contributed by atoms with Gasteiger partial charge in [0, 0.05) is 24.2 Å². The predicted octanol–water partition coefficient (Wildman–Crippen LogP) is 1.92. The minimum Gasteiger partial charge on any atom is -0.369 e. The molecule has 2 aromatic carbocycles. The van der Waals surface area contributed by atoms with Gasteiger partial charge in [-0.3, -0.25) is 9.59 Å². The van der Waals surface area contributed by atoms with Crippen LogP contribution in [-0.4, -0.2) is 31.4 Å². The van der Waals surface area contributed by atoms with Crippen LogP contribution in [0.5, 0.6) is 0 Å². The maximum atomic E-state index is 12.5. The van der Waals surface area contributed by atoms with Gasteiger partial charge in [-0.1, -0.05) is 48.5 Å². The van der Waals surface area contributed by atoms with Crippen molar-refractivity contribution >= 4 is 17.5 Å². The van der Waals surface area contributed by atoms with Gasteiger partial charge in [0.05, 0.1) is 12.5 Å². The standard InChI is InChI=1S/C21H23N3O2/c22-20(26)17-12-24(18-9-5-4-8-16(17)18)13-19(25)23-14-21(10-11-21)15-6-2-1-3-7-15/h1-9,17H,10-14H2,(H2,22,26)(H,23,25)/t17-/m0/s1. The number of nitrogens with two attached hydrogens (primary N) is 1. The van der Waals surface area contributed by atoms with E-state index in [1.165, 1.54) is 5.56 Å². The van der Waals surface area contributed by atoms with Gasteiger partial charge in [-0.15, -0.1) is 0 Å². The van der Waals surface area contributed by atoms with E-state index in [1.807, 2.05) is 47.4 Å². The molecule has 3 N–H and O–H groups in total. The van der Waals surface area contributed by atoms with Crippen molar-refractivity contribution in [2.45, 2.75) is 24.2 Å². The lowest BCUT2D eigenvalue weighted by Crippen LogP contribution is -2.40. The fourth-order valence-electron chi connectivity index (χ4n) is 3.89. The molecular weight excluding hydrogens is 326 g/mol. The monoisotopic (exact) mass is 349 g/mol. The van der Waals surface area contributed by atoms with Crippen molar-refractivity contribution < 1.29 is 9.59 Å². The summed E-state index contributed by atoms with van der Waals surface area (Å²) in [5.41, 5.74) is 8.75. The van der Waals surface area contributed by atoms with Crippen molar-refractivity contribution in [3.63, 3.8) is 0 Å². The highest BCUT2D eigenvalue weighted by atomic mass is 16.2. The summed E-state index contributed by atoms with van der Waals surface area (Å²) < 4.78 is 0. The summed E-state index contributed by atoms with van der Waals surface area (Å²) in [6.07, 6.45) is 2.21. The molecule has 1 aliphatic heterocycles. The summed E-state index contributed by atoms with van der Waals surface area (Å²) >= 11 is 0. The Kier molecular flexibility index (Phi) is 4.15. The van der Waals surface area contributed by atoms with Crippen molar-refractivity contribution in [1.82, 2.24) is 5.32 Å². The molecule has 0 spiro atoms. The van der Waals surface area contributed by atoms with Gasteiger partial charge in [-0.25, -0.2) is 0 Å². The zero-order valence-electron chi connectivity index (χ0n) is 14.7. The van der Waals surface area contributed by atoms with E-state index in [9.17, 15) is 9.59 Å². The van der Waals surface area contributed by atoms with Crippen LogP contribution >= 0.6 is 0 Å². The highest BCUT2D eigenvalue weighted by Gasteiger charge is 2.44. The zero-order valence-corrected chi connectivity index (χ0v) is 14.7. The molecule has 2 aromatic rings. The predicted molar refractivity (Wildman–Crippen MR) is 101 cm³/mol. The highest BCUT2D eigenvalue weighted by Crippen LogP contribution is 2.47. The molecule has 5 heteroatoms. The largest absolute Gasteiger partial charge is 0.369 e. The molecule has 1 atom stereocenters. The first-order valence-electron chi connectivity index (χ1n) is 9.04. The molecule has 0 saturated heterocycles. The number of amides is 2. The molecule has 2 amide bonds. The van der Waals surface area contributed by atoms with E-state index < -0.39 is 0 Å². The van der Waals surface area contributed by atoms with Crippen molar-refractivity contribution in [2.75, 3.05) is 24.5 Å². The van der Waals surface area contributed by atoms with Crippen LogP contribution < -0.4 is 16.0 Å². The van der Waals surface area contributed by atoms with Gasteiger partial charge < -0.3 is 16.0 Å². The third kappa shape index (κ3) is 3.05. The zero-order chi connectivity index (χ0) is 18.1. The summed E-state index contributed by atoms with van der Waals surface area (Å²) in [6.45, 7) is 1.36. The van der Waals surface area contributed by atoms with Gasteiger partial charge in [0.1, 0.15) is 0 Å². The number of carbonyl (C=O) groups is 2. The Labute approximate surface area is 153 Å². The summed E-state index contributed by atoms with van der Waals surface area (Å²) in [7, 11) is 0. The normalized spacial score (nSPS) is 19.7. The van der Waals surface area contributed by atoms with Crippen molar-refractivity contribution in [3.05, 3.63) is 65.7 Å². The first kappa shape index (κ1) is 16.6. The molecule has 26 heavy (non-hydrogen) atoms. The first-order chi connectivity index (χ1) is 12.6. The molecule has 1 fully saturated rings. The fraction of sp³-hybridized carbons (Fsp3) is 0.333. The van der Waals surface area contributed by atoms with E-state index in [0.717, 1.165) is 24.1 Å². The van der Waals surface area contributed by atoms with Crippen molar-refractivity contribution in [3.8, 4) is 0 Å². The Morgan fingerprint density at radius 3 is 2.46 bits per heavy atom. The van der Waals surface area contributed by atoms with E-state index in [2.05, 4.69) is 17.4 Å². The molecule has 1 aliphatic carbocycles. The Hall–Kier alpha value is -2.82. The van der Waals surface area contributed by atoms with Gasteiger partial charge in [0.25, 0.3) is 0 Å². The molecule has 1 heterocycles. The maximum absolute atomic E-state index is 12.5. The van der Waals surface area contributed by atoms with Crippen LogP contribution in [0.25, 0.3) is 0 Å². The number of primary amides is 1. The lowest BCUT2D eigenvalue weighted by atomic mass is 9.96. The van der Waals surface area contributed by atoms with Crippen LogP contribution in [0.2, 0.25) is 0 Å². The lowest BCUT2D eigenvalue weighted by molar-refractivity contribution is -0.121. The number of carbonyl (C=O) groups excluding carboxylic acids is 2. The number of anilines is 1. The third-order valence-electron chi connectivity index (χ3n) is 5.60. The van der Waals surface area contributed by atoms with Crippen LogP contribution in [0.3, 0.4) is 0 Å². The average molecular weight is 349 g/mol. The Morgan fingerprint density at radius 1 is 1.08 bits per heavy atom. The van der Waals surface area contributed by atoms with Crippen molar-refractivity contribution in [2.24, 2.45) is 5.73 Å². The molecule has 134 valence electrons. The van der Waals surface area contributed by atoms with Gasteiger partial charge in [-0.2, -0.15) is 0 Å². The second-order valence-electron chi connectivity index (χ2n) is 7.32. The van der Waals surface area contributed by atoms with Crippen LogP contribution in [-0.2, 0) is 15.0 Å². The Bertz CT molecular complexity index is 830. The molecule has 4 rings (SSSR count). The molecule has 0 bridgehead atoms. The number of para-hydroxylation sites is 1. The number of benzene rings is 2. The van der Waals surface area contributed by atoms with Crippen LogP contribution in [0, 0.1) is 0 Å². The SMILES string of the molecule is NC(=O)[C@H]1CN(CC(=O)NCC2(c3ccccc3)CC2)c2ccccc21. The maximum Gasteiger partial charge on any atom is 0.239 e. The fourth-order valence-corrected chi connectivity index (χ4v) is 3.89. The number of nitrogens with zero attached hydrogens (tertiary/aromatic N) is 1. The van der Waals surface area contributed by atoms with E-state index in [0.29, 0.717) is 13.1 Å². The van der Waals surface area contributed by atoms with Crippen LogP contribution in [0.15, 0.2) is 54.6 Å². The number of hydrogen-bond donors (Lipinski definition) is 2. The number of nitrogens with one attached hydrogen (secondary N) is 1. The summed E-state index contributed by atoms with van der Waals surface area (Å²) in [5.74, 6) is -0.716. The first-order valence-corrected chi connectivity index (χ1v) is 9.04. The summed E-state index contributed by atoms with van der Waals surface area (Å²) in [4.78, 5) is 26.2. The second kappa shape index (κ2) is 6.48. The Balaban J connectivity index is 1.40. The van der Waals surface area contributed by atoms with Crippen molar-refractivity contribution in [1.29, 1.82) is 0 Å². The molecular formula is C21H23N3O2. The van der Waals surface area contributed by atoms with Gasteiger partial charge >= 0.3 is 0 Å². The van der Waals surface area contributed by atoms with Crippen LogP contribution in [0.4, 0.5) is 5.69 Å². The quantitative estimate of drug-likeness (QED) is 0.837. The second-order valence-corrected chi connectivity index (χ2v) is 7.32. The molecule has 5 nitrogen and oxygen atoms in total. The average Bonchev–Trinajstić information content (AvgIpc) is 3.37. The number of hydrogen-bond acceptors (Lipinski definition) is 3. The highest BCUT2D eigenvalue weighted by molar-refractivity contribution is 5.89. The minimum absolute atomic E-state index is 0.0212. The third-order valence-corrected chi connectivity index (χ3v) is 5.60. The van der Waals surface area contributed by atoms with Crippen LogP contribution in [0.1, 0.15) is 29.9 Å². The Morgan fingerprint density at radius 2 is 1.77 bits per heavy atom.